The summed E-state index contributed by atoms with van der Waals surface area (Å²) in [6.45, 7) is 6.62. The van der Waals surface area contributed by atoms with Crippen molar-refractivity contribution in [2.75, 3.05) is 6.54 Å². The lowest BCUT2D eigenvalue weighted by atomic mass is 10.1. The van der Waals surface area contributed by atoms with Crippen molar-refractivity contribution in [3.05, 3.63) is 92.9 Å². The van der Waals surface area contributed by atoms with Crippen LogP contribution >= 0.6 is 22.9 Å². The van der Waals surface area contributed by atoms with Gasteiger partial charge in [0.25, 0.3) is 5.91 Å². The Balaban J connectivity index is 1.73. The fourth-order valence-corrected chi connectivity index (χ4v) is 3.94. The Hall–Kier alpha value is -3.14. The number of nitriles is 1. The first-order valence-electron chi connectivity index (χ1n) is 9.24. The Bertz CT molecular complexity index is 1090. The number of thiazole rings is 1. The summed E-state index contributed by atoms with van der Waals surface area (Å²) in [6.07, 6.45) is 1.69. The highest BCUT2D eigenvalue weighted by molar-refractivity contribution is 7.13. The number of benzene rings is 2. The summed E-state index contributed by atoms with van der Waals surface area (Å²) in [6, 6.07) is 16.5. The highest BCUT2D eigenvalue weighted by Gasteiger charge is 2.21. The van der Waals surface area contributed by atoms with E-state index in [4.69, 9.17) is 21.6 Å². The third-order valence-corrected chi connectivity index (χ3v) is 5.65. The van der Waals surface area contributed by atoms with Crippen molar-refractivity contribution in [1.82, 2.24) is 9.88 Å². The molecule has 0 fully saturated rings. The minimum Gasteiger partial charge on any atom is -0.486 e. The predicted molar refractivity (Wildman–Crippen MR) is 119 cm³/mol. The van der Waals surface area contributed by atoms with Gasteiger partial charge in [0.2, 0.25) is 0 Å². The number of hydrogen-bond donors (Lipinski definition) is 0. The van der Waals surface area contributed by atoms with Crippen LogP contribution in [0.2, 0.25) is 5.02 Å². The lowest BCUT2D eigenvalue weighted by Crippen LogP contribution is -2.30. The average molecular weight is 438 g/mol. The van der Waals surface area contributed by atoms with E-state index in [0.717, 1.165) is 10.6 Å². The van der Waals surface area contributed by atoms with Crippen LogP contribution in [0.1, 0.15) is 31.5 Å². The number of aryl methyl sites for hydroxylation is 1. The Morgan fingerprint density at radius 3 is 2.80 bits per heavy atom. The fraction of sp³-hybridized carbons (Fsp3) is 0.174. The number of amides is 1. The molecule has 0 unspecified atom stereocenters. The van der Waals surface area contributed by atoms with Crippen LogP contribution in [-0.4, -0.2) is 22.3 Å². The molecule has 0 radical (unpaired) electrons. The third-order valence-electron chi connectivity index (χ3n) is 4.28. The van der Waals surface area contributed by atoms with E-state index >= 15 is 0 Å². The first kappa shape index (κ1) is 21.6. The molecular formula is C23H20ClN3O2S. The van der Waals surface area contributed by atoms with Crippen molar-refractivity contribution in [3.8, 4) is 11.8 Å². The van der Waals surface area contributed by atoms with Crippen molar-refractivity contribution in [2.45, 2.75) is 20.1 Å². The van der Waals surface area contributed by atoms with E-state index in [1.54, 1.807) is 47.4 Å². The summed E-state index contributed by atoms with van der Waals surface area (Å²) >= 11 is 7.21. The van der Waals surface area contributed by atoms with Crippen LogP contribution < -0.4 is 4.74 Å². The van der Waals surface area contributed by atoms with Gasteiger partial charge in [-0.3, -0.25) is 4.79 Å². The zero-order valence-electron chi connectivity index (χ0n) is 16.5. The van der Waals surface area contributed by atoms with E-state index in [1.807, 2.05) is 19.1 Å². The first-order chi connectivity index (χ1) is 14.5. The van der Waals surface area contributed by atoms with E-state index in [-0.39, 0.29) is 12.5 Å². The Kier molecular flexibility index (Phi) is 7.23. The number of ether oxygens (including phenoxy) is 1. The van der Waals surface area contributed by atoms with Gasteiger partial charge in [0.05, 0.1) is 17.3 Å². The van der Waals surface area contributed by atoms with E-state index in [1.165, 1.54) is 11.3 Å². The van der Waals surface area contributed by atoms with Crippen LogP contribution in [0, 0.1) is 18.3 Å². The molecule has 152 valence electrons. The van der Waals surface area contributed by atoms with Crippen molar-refractivity contribution in [2.24, 2.45) is 0 Å². The predicted octanol–water partition coefficient (Wildman–Crippen LogP) is 5.38. The quantitative estimate of drug-likeness (QED) is 0.443. The molecule has 3 aromatic rings. The largest absolute Gasteiger partial charge is 0.486 e. The molecule has 1 aromatic heterocycles. The second kappa shape index (κ2) is 10.1. The smallest absolute Gasteiger partial charge is 0.266 e. The van der Waals surface area contributed by atoms with Gasteiger partial charge in [0.1, 0.15) is 22.2 Å². The molecule has 0 N–H and O–H groups in total. The number of hydrogen-bond acceptors (Lipinski definition) is 5. The van der Waals surface area contributed by atoms with Crippen LogP contribution in [-0.2, 0) is 13.2 Å². The molecule has 0 aliphatic rings. The maximum absolute atomic E-state index is 13.2. The van der Waals surface area contributed by atoms with E-state index in [2.05, 4.69) is 17.6 Å². The molecule has 1 heterocycles. The highest BCUT2D eigenvalue weighted by Crippen LogP contribution is 2.23. The summed E-state index contributed by atoms with van der Waals surface area (Å²) in [5.74, 6) is 0.566. The molecule has 30 heavy (non-hydrogen) atoms. The molecule has 0 spiro atoms. The van der Waals surface area contributed by atoms with E-state index in [0.29, 0.717) is 40.0 Å². The van der Waals surface area contributed by atoms with Gasteiger partial charge in [-0.25, -0.2) is 4.98 Å². The zero-order chi connectivity index (χ0) is 21.5. The third kappa shape index (κ3) is 5.47. The maximum atomic E-state index is 13.2. The van der Waals surface area contributed by atoms with Crippen LogP contribution in [0.3, 0.4) is 0 Å². The summed E-state index contributed by atoms with van der Waals surface area (Å²) in [7, 11) is 0. The van der Waals surface area contributed by atoms with Crippen molar-refractivity contribution >= 4 is 28.8 Å². The van der Waals surface area contributed by atoms with Gasteiger partial charge >= 0.3 is 0 Å². The van der Waals surface area contributed by atoms with Crippen molar-refractivity contribution < 1.29 is 9.53 Å². The van der Waals surface area contributed by atoms with Gasteiger partial charge in [0, 0.05) is 18.1 Å². The molecule has 5 nitrogen and oxygen atoms in total. The lowest BCUT2D eigenvalue weighted by molar-refractivity contribution is 0.0766. The molecular weight excluding hydrogens is 418 g/mol. The zero-order valence-corrected chi connectivity index (χ0v) is 18.0. The number of carbonyl (C=O) groups excluding carboxylic acids is 1. The number of nitrogens with zero attached hydrogens (tertiary/aromatic N) is 3. The monoisotopic (exact) mass is 437 g/mol. The van der Waals surface area contributed by atoms with Gasteiger partial charge in [0.15, 0.2) is 0 Å². The van der Waals surface area contributed by atoms with Gasteiger partial charge in [-0.2, -0.15) is 5.26 Å². The minimum absolute atomic E-state index is 0.120. The lowest BCUT2D eigenvalue weighted by Gasteiger charge is -2.21. The summed E-state index contributed by atoms with van der Waals surface area (Å²) in [5, 5.41) is 10.5. The topological polar surface area (TPSA) is 66.2 Å². The van der Waals surface area contributed by atoms with Crippen LogP contribution in [0.4, 0.5) is 0 Å². The number of carbonyl (C=O) groups is 1. The molecule has 1 amide bonds. The Morgan fingerprint density at radius 1 is 1.33 bits per heavy atom. The van der Waals surface area contributed by atoms with Gasteiger partial charge in [-0.1, -0.05) is 29.8 Å². The molecule has 0 aliphatic carbocycles. The SMILES string of the molecule is C=CCN(Cc1cccc(C#N)c1)C(=O)c1sc(COc2ccc(Cl)cc2)nc1C. The van der Waals surface area contributed by atoms with Gasteiger partial charge < -0.3 is 9.64 Å². The Morgan fingerprint density at radius 2 is 2.10 bits per heavy atom. The number of rotatable bonds is 8. The first-order valence-corrected chi connectivity index (χ1v) is 10.4. The van der Waals surface area contributed by atoms with Crippen LogP contribution in [0.5, 0.6) is 5.75 Å². The molecule has 0 aliphatic heterocycles. The standard InChI is InChI=1S/C23H20ClN3O2S/c1-3-11-27(14-18-6-4-5-17(12-18)13-25)23(28)22-16(2)26-21(30-22)15-29-20-9-7-19(24)8-10-20/h3-10,12H,1,11,14-15H2,2H3. The normalized spacial score (nSPS) is 10.3. The second-order valence-electron chi connectivity index (χ2n) is 6.55. The molecule has 0 atom stereocenters. The van der Waals surface area contributed by atoms with Crippen LogP contribution in [0.25, 0.3) is 0 Å². The molecule has 7 heteroatoms. The van der Waals surface area contributed by atoms with Crippen molar-refractivity contribution in [1.29, 1.82) is 5.26 Å². The van der Waals surface area contributed by atoms with Gasteiger partial charge in [-0.15, -0.1) is 17.9 Å². The fourth-order valence-electron chi connectivity index (χ4n) is 2.87. The van der Waals surface area contributed by atoms with E-state index in [9.17, 15) is 4.79 Å². The second-order valence-corrected chi connectivity index (χ2v) is 8.07. The molecule has 3 rings (SSSR count). The average Bonchev–Trinajstić information content (AvgIpc) is 3.13. The van der Waals surface area contributed by atoms with Gasteiger partial charge in [-0.05, 0) is 48.9 Å². The Labute approximate surface area is 184 Å². The highest BCUT2D eigenvalue weighted by atomic mass is 35.5. The number of halogens is 1. The number of aromatic nitrogens is 1. The van der Waals surface area contributed by atoms with Crippen molar-refractivity contribution in [3.63, 3.8) is 0 Å². The van der Waals surface area contributed by atoms with Crippen LogP contribution in [0.15, 0.2) is 61.2 Å². The molecule has 2 aromatic carbocycles. The summed E-state index contributed by atoms with van der Waals surface area (Å²) < 4.78 is 5.74. The van der Waals surface area contributed by atoms with E-state index < -0.39 is 0 Å². The summed E-state index contributed by atoms with van der Waals surface area (Å²) in [5.41, 5.74) is 2.12. The summed E-state index contributed by atoms with van der Waals surface area (Å²) in [4.78, 5) is 19.9. The molecule has 0 saturated heterocycles. The maximum Gasteiger partial charge on any atom is 0.266 e. The molecule has 0 saturated carbocycles. The minimum atomic E-state index is -0.120. The molecule has 0 bridgehead atoms.